The number of benzene rings is 1. The molecule has 0 radical (unpaired) electrons. The van der Waals surface area contributed by atoms with Crippen LogP contribution in [0.15, 0.2) is 24.3 Å². The van der Waals surface area contributed by atoms with Crippen molar-refractivity contribution in [3.63, 3.8) is 0 Å². The molecule has 0 saturated heterocycles. The van der Waals surface area contributed by atoms with Crippen molar-refractivity contribution in [3.8, 4) is 10.6 Å². The summed E-state index contributed by atoms with van der Waals surface area (Å²) >= 11 is 2.58. The van der Waals surface area contributed by atoms with E-state index in [2.05, 4.69) is 20.5 Å². The van der Waals surface area contributed by atoms with Crippen LogP contribution in [-0.4, -0.2) is 21.1 Å². The van der Waals surface area contributed by atoms with Gasteiger partial charge in [0.2, 0.25) is 5.13 Å². The molecule has 2 heterocycles. The molecule has 24 heavy (non-hydrogen) atoms. The van der Waals surface area contributed by atoms with Gasteiger partial charge in [0, 0.05) is 11.5 Å². The van der Waals surface area contributed by atoms with Crippen LogP contribution in [0.25, 0.3) is 10.6 Å². The van der Waals surface area contributed by atoms with Gasteiger partial charge in [-0.1, -0.05) is 37.3 Å². The Bertz CT molecular complexity index is 888. The number of hydrogen-bond acceptors (Lipinski definition) is 6. The van der Waals surface area contributed by atoms with Crippen LogP contribution in [0.1, 0.15) is 40.1 Å². The van der Waals surface area contributed by atoms with E-state index in [0.717, 1.165) is 5.01 Å². The first kappa shape index (κ1) is 16.7. The van der Waals surface area contributed by atoms with Gasteiger partial charge in [-0.15, -0.1) is 21.5 Å². The van der Waals surface area contributed by atoms with Crippen LogP contribution < -0.4 is 5.32 Å². The molecule has 0 atom stereocenters. The van der Waals surface area contributed by atoms with Gasteiger partial charge in [0.15, 0.2) is 0 Å². The molecule has 3 aromatic rings. The zero-order valence-electron chi connectivity index (χ0n) is 13.3. The van der Waals surface area contributed by atoms with E-state index in [1.54, 1.807) is 19.1 Å². The summed E-state index contributed by atoms with van der Waals surface area (Å²) in [4.78, 5) is 17.3. The second-order valence-corrected chi connectivity index (χ2v) is 7.51. The molecule has 1 amide bonds. The van der Waals surface area contributed by atoms with Crippen molar-refractivity contribution < 1.29 is 9.18 Å². The highest BCUT2D eigenvalue weighted by molar-refractivity contribution is 7.17. The molecule has 3 rings (SSSR count). The second kappa shape index (κ2) is 6.74. The quantitative estimate of drug-likeness (QED) is 0.743. The predicted molar refractivity (Wildman–Crippen MR) is 94.2 cm³/mol. The van der Waals surface area contributed by atoms with Gasteiger partial charge in [-0.25, -0.2) is 9.37 Å². The molecule has 1 N–H and O–H groups in total. The number of thiazole rings is 1. The van der Waals surface area contributed by atoms with Crippen LogP contribution in [0.3, 0.4) is 0 Å². The average Bonchev–Trinajstić information content (AvgIpc) is 3.14. The molecule has 0 fully saturated rings. The van der Waals surface area contributed by atoms with Crippen LogP contribution in [0.2, 0.25) is 0 Å². The highest BCUT2D eigenvalue weighted by atomic mass is 32.1. The van der Waals surface area contributed by atoms with Crippen LogP contribution >= 0.6 is 22.7 Å². The van der Waals surface area contributed by atoms with Gasteiger partial charge in [0.05, 0.1) is 5.69 Å². The molecule has 0 unspecified atom stereocenters. The fraction of sp³-hybridized carbons (Fsp3) is 0.250. The molecular weight excluding hydrogens is 347 g/mol. The first-order valence-corrected chi connectivity index (χ1v) is 8.95. The molecule has 0 saturated carbocycles. The number of nitrogens with one attached hydrogen (secondary N) is 1. The maximum Gasteiger partial charge on any atom is 0.269 e. The third-order valence-electron chi connectivity index (χ3n) is 3.23. The Morgan fingerprint density at radius 1 is 1.25 bits per heavy atom. The minimum atomic E-state index is -0.332. The number of hydrogen-bond donors (Lipinski definition) is 1. The normalized spacial score (nSPS) is 11.0. The van der Waals surface area contributed by atoms with E-state index in [9.17, 15) is 9.18 Å². The van der Waals surface area contributed by atoms with Crippen LogP contribution in [0, 0.1) is 12.7 Å². The number of halogens is 1. The summed E-state index contributed by atoms with van der Waals surface area (Å²) in [6.45, 7) is 5.79. The summed E-state index contributed by atoms with van der Waals surface area (Å²) in [5.41, 5.74) is 1.26. The molecule has 0 aliphatic rings. The van der Waals surface area contributed by atoms with E-state index in [-0.39, 0.29) is 17.6 Å². The molecule has 5 nitrogen and oxygen atoms in total. The second-order valence-electron chi connectivity index (χ2n) is 5.50. The van der Waals surface area contributed by atoms with Crippen LogP contribution in [-0.2, 0) is 0 Å². The van der Waals surface area contributed by atoms with Crippen LogP contribution in [0.5, 0.6) is 0 Å². The van der Waals surface area contributed by atoms with E-state index in [1.807, 2.05) is 13.8 Å². The minimum absolute atomic E-state index is 0.262. The Morgan fingerprint density at radius 2 is 2.04 bits per heavy atom. The fourth-order valence-corrected chi connectivity index (χ4v) is 3.72. The third-order valence-corrected chi connectivity index (χ3v) is 5.57. The standard InChI is InChI=1S/C16H15FN4OS2/c1-8(2)14-20-21-16(24-14)19-13(22)12-9(3)18-15(23-12)10-5-4-6-11(17)7-10/h4-8H,1-3H3,(H,19,21,22). The highest BCUT2D eigenvalue weighted by Crippen LogP contribution is 2.29. The lowest BCUT2D eigenvalue weighted by molar-refractivity contribution is 0.102. The summed E-state index contributed by atoms with van der Waals surface area (Å²) in [6, 6.07) is 6.16. The fourth-order valence-electron chi connectivity index (χ4n) is 2.02. The monoisotopic (exact) mass is 362 g/mol. The molecule has 0 aliphatic carbocycles. The number of amides is 1. The maximum absolute atomic E-state index is 13.4. The Balaban J connectivity index is 1.82. The number of nitrogens with zero attached hydrogens (tertiary/aromatic N) is 3. The minimum Gasteiger partial charge on any atom is -0.296 e. The van der Waals surface area contributed by atoms with Crippen molar-refractivity contribution in [1.82, 2.24) is 15.2 Å². The Kier molecular flexibility index (Phi) is 4.68. The molecule has 2 aromatic heterocycles. The number of aryl methyl sites for hydroxylation is 1. The third kappa shape index (κ3) is 3.49. The zero-order chi connectivity index (χ0) is 17.3. The molecule has 0 aliphatic heterocycles. The molecule has 0 bridgehead atoms. The number of carbonyl (C=O) groups is 1. The number of carbonyl (C=O) groups excluding carboxylic acids is 1. The summed E-state index contributed by atoms with van der Waals surface area (Å²) in [5, 5.41) is 12.7. The van der Waals surface area contributed by atoms with E-state index in [4.69, 9.17) is 0 Å². The molecule has 0 spiro atoms. The largest absolute Gasteiger partial charge is 0.296 e. The summed E-state index contributed by atoms with van der Waals surface area (Å²) in [5.74, 6) is -0.349. The van der Waals surface area contributed by atoms with E-state index < -0.39 is 0 Å². The zero-order valence-corrected chi connectivity index (χ0v) is 15.0. The maximum atomic E-state index is 13.4. The van der Waals surface area contributed by atoms with Gasteiger partial charge in [0.1, 0.15) is 20.7 Å². The van der Waals surface area contributed by atoms with E-state index >= 15 is 0 Å². The topological polar surface area (TPSA) is 67.8 Å². The number of rotatable bonds is 4. The molecule has 1 aromatic carbocycles. The van der Waals surface area contributed by atoms with Crippen molar-refractivity contribution in [3.05, 3.63) is 45.7 Å². The van der Waals surface area contributed by atoms with Gasteiger partial charge in [-0.3, -0.25) is 10.1 Å². The SMILES string of the molecule is Cc1nc(-c2cccc(F)c2)sc1C(=O)Nc1nnc(C(C)C)s1. The summed E-state index contributed by atoms with van der Waals surface area (Å²) in [7, 11) is 0. The smallest absolute Gasteiger partial charge is 0.269 e. The average molecular weight is 362 g/mol. The lowest BCUT2D eigenvalue weighted by atomic mass is 10.2. The van der Waals surface area contributed by atoms with Gasteiger partial charge in [-0.2, -0.15) is 0 Å². The van der Waals surface area contributed by atoms with Gasteiger partial charge in [0.25, 0.3) is 5.91 Å². The van der Waals surface area contributed by atoms with Crippen LogP contribution in [0.4, 0.5) is 9.52 Å². The van der Waals surface area contributed by atoms with Crippen molar-refractivity contribution in [2.45, 2.75) is 26.7 Å². The Labute approximate surface area is 146 Å². The van der Waals surface area contributed by atoms with Crippen molar-refractivity contribution >= 4 is 33.7 Å². The van der Waals surface area contributed by atoms with Crippen molar-refractivity contribution in [1.29, 1.82) is 0 Å². The predicted octanol–water partition coefficient (Wildman–Crippen LogP) is 4.48. The molecule has 124 valence electrons. The van der Waals surface area contributed by atoms with E-state index in [0.29, 0.717) is 26.3 Å². The Morgan fingerprint density at radius 3 is 2.71 bits per heavy atom. The Hall–Kier alpha value is -2.19. The summed E-state index contributed by atoms with van der Waals surface area (Å²) in [6.07, 6.45) is 0. The van der Waals surface area contributed by atoms with Gasteiger partial charge < -0.3 is 0 Å². The van der Waals surface area contributed by atoms with Crippen molar-refractivity contribution in [2.75, 3.05) is 5.32 Å². The lowest BCUT2D eigenvalue weighted by Crippen LogP contribution is -2.11. The highest BCUT2D eigenvalue weighted by Gasteiger charge is 2.18. The number of aromatic nitrogens is 3. The first-order chi connectivity index (χ1) is 11.4. The molecular formula is C16H15FN4OS2. The van der Waals surface area contributed by atoms with Crippen molar-refractivity contribution in [2.24, 2.45) is 0 Å². The summed E-state index contributed by atoms with van der Waals surface area (Å²) < 4.78 is 13.4. The lowest BCUT2D eigenvalue weighted by Gasteiger charge is -1.98. The first-order valence-electron chi connectivity index (χ1n) is 7.32. The van der Waals surface area contributed by atoms with E-state index in [1.165, 1.54) is 34.8 Å². The molecule has 8 heteroatoms. The number of anilines is 1. The van der Waals surface area contributed by atoms with Gasteiger partial charge in [-0.05, 0) is 19.1 Å². The van der Waals surface area contributed by atoms with Gasteiger partial charge >= 0.3 is 0 Å².